The highest BCUT2D eigenvalue weighted by molar-refractivity contribution is 4.75. The van der Waals surface area contributed by atoms with E-state index in [1.54, 1.807) is 0 Å². The van der Waals surface area contributed by atoms with Gasteiger partial charge in [-0.15, -0.1) is 0 Å². The Morgan fingerprint density at radius 1 is 1.17 bits per heavy atom. The average Bonchev–Trinajstić information content (AvgIpc) is 1.78. The summed E-state index contributed by atoms with van der Waals surface area (Å²) in [5.74, 6) is -3.47. The van der Waals surface area contributed by atoms with Crippen molar-refractivity contribution in [2.75, 3.05) is 7.11 Å². The summed E-state index contributed by atoms with van der Waals surface area (Å²) in [7, 11) is 0.827. The summed E-state index contributed by atoms with van der Waals surface area (Å²) >= 11 is 0. The lowest BCUT2D eigenvalue weighted by Gasteiger charge is -2.22. The van der Waals surface area contributed by atoms with E-state index >= 15 is 0 Å². The fourth-order valence-corrected chi connectivity index (χ4v) is 0.680. The second kappa shape index (κ2) is 3.55. The van der Waals surface area contributed by atoms with Gasteiger partial charge in [0.1, 0.15) is 6.10 Å². The van der Waals surface area contributed by atoms with Crippen molar-refractivity contribution in [1.29, 1.82) is 0 Å². The van der Waals surface area contributed by atoms with Crippen LogP contribution in [0.3, 0.4) is 0 Å². The minimum atomic E-state index is -4.62. The van der Waals surface area contributed by atoms with Crippen LogP contribution in [-0.4, -0.2) is 25.3 Å². The van der Waals surface area contributed by atoms with E-state index < -0.39 is 24.6 Å². The quantitative estimate of drug-likeness (QED) is 0.624. The van der Waals surface area contributed by atoms with Gasteiger partial charge in [0.2, 0.25) is 0 Å². The molecule has 1 unspecified atom stereocenters. The summed E-state index contributed by atoms with van der Waals surface area (Å²) in [6.45, 7) is 0.396. The standard InChI is InChI=1S/C6H9F5O/c1-5(7,8)4(12-2)3-6(9,10)11/h4H,3H2,1-2H3. The van der Waals surface area contributed by atoms with Gasteiger partial charge < -0.3 is 4.74 Å². The van der Waals surface area contributed by atoms with Gasteiger partial charge in [-0.1, -0.05) is 0 Å². The maximum Gasteiger partial charge on any atom is 0.391 e. The lowest BCUT2D eigenvalue weighted by Crippen LogP contribution is -2.36. The molecule has 0 saturated carbocycles. The number of hydrogen-bond acceptors (Lipinski definition) is 1. The summed E-state index contributed by atoms with van der Waals surface area (Å²) < 4.78 is 63.4. The molecule has 0 aliphatic carbocycles. The highest BCUT2D eigenvalue weighted by Crippen LogP contribution is 2.30. The van der Waals surface area contributed by atoms with E-state index in [1.807, 2.05) is 0 Å². The predicted octanol–water partition coefficient (Wildman–Crippen LogP) is 2.61. The second-order valence-corrected chi connectivity index (χ2v) is 2.50. The van der Waals surface area contributed by atoms with E-state index in [-0.39, 0.29) is 0 Å². The van der Waals surface area contributed by atoms with Crippen molar-refractivity contribution in [2.45, 2.75) is 31.5 Å². The van der Waals surface area contributed by atoms with Gasteiger partial charge in [0.15, 0.2) is 0 Å². The molecule has 0 spiro atoms. The zero-order chi connectivity index (χ0) is 9.99. The normalized spacial score (nSPS) is 16.2. The molecule has 0 bridgehead atoms. The van der Waals surface area contributed by atoms with Crippen LogP contribution in [0.1, 0.15) is 13.3 Å². The summed E-state index contributed by atoms with van der Waals surface area (Å²) in [6, 6.07) is 0. The highest BCUT2D eigenvalue weighted by atomic mass is 19.4. The Hall–Kier alpha value is -0.390. The van der Waals surface area contributed by atoms with Gasteiger partial charge in [-0.25, -0.2) is 8.78 Å². The highest BCUT2D eigenvalue weighted by Gasteiger charge is 2.42. The Balaban J connectivity index is 4.20. The van der Waals surface area contributed by atoms with Crippen LogP contribution in [0.4, 0.5) is 22.0 Å². The fraction of sp³-hybridized carbons (Fsp3) is 1.00. The predicted molar refractivity (Wildman–Crippen MR) is 32.1 cm³/mol. The molecular formula is C6H9F5O. The summed E-state index contributed by atoms with van der Waals surface area (Å²) in [5.41, 5.74) is 0. The summed E-state index contributed by atoms with van der Waals surface area (Å²) in [5, 5.41) is 0. The first kappa shape index (κ1) is 11.6. The van der Waals surface area contributed by atoms with Crippen molar-refractivity contribution in [3.63, 3.8) is 0 Å². The van der Waals surface area contributed by atoms with Crippen LogP contribution in [0.2, 0.25) is 0 Å². The number of alkyl halides is 5. The molecule has 0 N–H and O–H groups in total. The minimum Gasteiger partial charge on any atom is -0.375 e. The molecule has 0 heterocycles. The number of ether oxygens (including phenoxy) is 1. The molecular weight excluding hydrogens is 183 g/mol. The molecule has 6 heteroatoms. The van der Waals surface area contributed by atoms with E-state index in [1.165, 1.54) is 0 Å². The molecule has 1 nitrogen and oxygen atoms in total. The molecule has 0 radical (unpaired) electrons. The third kappa shape index (κ3) is 4.48. The second-order valence-electron chi connectivity index (χ2n) is 2.50. The first-order valence-electron chi connectivity index (χ1n) is 3.14. The molecule has 0 aromatic carbocycles. The van der Waals surface area contributed by atoms with Crippen LogP contribution in [0.25, 0.3) is 0 Å². The molecule has 0 fully saturated rings. The maximum absolute atomic E-state index is 12.3. The van der Waals surface area contributed by atoms with Gasteiger partial charge in [-0.3, -0.25) is 0 Å². The minimum absolute atomic E-state index is 0.396. The molecule has 12 heavy (non-hydrogen) atoms. The third-order valence-corrected chi connectivity index (χ3v) is 1.27. The number of hydrogen-bond donors (Lipinski definition) is 0. The van der Waals surface area contributed by atoms with Crippen LogP contribution in [0.15, 0.2) is 0 Å². The van der Waals surface area contributed by atoms with E-state index in [0.717, 1.165) is 7.11 Å². The van der Waals surface area contributed by atoms with Crippen molar-refractivity contribution in [3.8, 4) is 0 Å². The first-order chi connectivity index (χ1) is 5.17. The molecule has 0 aromatic heterocycles. The Kier molecular flexibility index (Phi) is 3.44. The Bertz CT molecular complexity index is 136. The number of halogens is 5. The van der Waals surface area contributed by atoms with Gasteiger partial charge >= 0.3 is 6.18 Å². The number of rotatable bonds is 3. The number of methoxy groups -OCH3 is 1. The van der Waals surface area contributed by atoms with Gasteiger partial charge in [0.05, 0.1) is 6.42 Å². The van der Waals surface area contributed by atoms with Crippen molar-refractivity contribution in [3.05, 3.63) is 0 Å². The van der Waals surface area contributed by atoms with Crippen molar-refractivity contribution >= 4 is 0 Å². The largest absolute Gasteiger partial charge is 0.391 e. The zero-order valence-electron chi connectivity index (χ0n) is 6.58. The molecule has 0 aromatic rings. The van der Waals surface area contributed by atoms with Crippen LogP contribution < -0.4 is 0 Å². The van der Waals surface area contributed by atoms with Crippen LogP contribution in [-0.2, 0) is 4.74 Å². The zero-order valence-corrected chi connectivity index (χ0v) is 6.58. The monoisotopic (exact) mass is 192 g/mol. The lowest BCUT2D eigenvalue weighted by atomic mass is 10.1. The molecule has 0 rings (SSSR count). The first-order valence-corrected chi connectivity index (χ1v) is 3.14. The van der Waals surface area contributed by atoms with Gasteiger partial charge in [-0.05, 0) is 0 Å². The molecule has 0 saturated heterocycles. The smallest absolute Gasteiger partial charge is 0.375 e. The van der Waals surface area contributed by atoms with Crippen LogP contribution in [0.5, 0.6) is 0 Å². The maximum atomic E-state index is 12.3. The van der Waals surface area contributed by atoms with E-state index in [9.17, 15) is 22.0 Å². The Morgan fingerprint density at radius 3 is 1.67 bits per heavy atom. The van der Waals surface area contributed by atoms with Gasteiger partial charge in [0, 0.05) is 14.0 Å². The lowest BCUT2D eigenvalue weighted by molar-refractivity contribution is -0.197. The van der Waals surface area contributed by atoms with Gasteiger partial charge in [0.25, 0.3) is 5.92 Å². The van der Waals surface area contributed by atoms with E-state index in [4.69, 9.17) is 0 Å². The Labute approximate surface area is 66.5 Å². The topological polar surface area (TPSA) is 9.23 Å². The van der Waals surface area contributed by atoms with Crippen LogP contribution in [0, 0.1) is 0 Å². The van der Waals surface area contributed by atoms with Gasteiger partial charge in [-0.2, -0.15) is 13.2 Å². The molecule has 0 aliphatic rings. The van der Waals surface area contributed by atoms with E-state index in [2.05, 4.69) is 4.74 Å². The summed E-state index contributed by atoms with van der Waals surface area (Å²) in [4.78, 5) is 0. The molecule has 0 aliphatic heterocycles. The third-order valence-electron chi connectivity index (χ3n) is 1.27. The summed E-state index contributed by atoms with van der Waals surface area (Å²) in [6.07, 6.45) is -8.36. The van der Waals surface area contributed by atoms with Crippen LogP contribution >= 0.6 is 0 Å². The molecule has 74 valence electrons. The average molecular weight is 192 g/mol. The SMILES string of the molecule is COC(CC(F)(F)F)C(C)(F)F. The molecule has 0 amide bonds. The van der Waals surface area contributed by atoms with E-state index in [0.29, 0.717) is 6.92 Å². The van der Waals surface area contributed by atoms with Crippen molar-refractivity contribution in [1.82, 2.24) is 0 Å². The fourth-order valence-electron chi connectivity index (χ4n) is 0.680. The Morgan fingerprint density at radius 2 is 1.58 bits per heavy atom. The van der Waals surface area contributed by atoms with Crippen molar-refractivity contribution < 1.29 is 26.7 Å². The van der Waals surface area contributed by atoms with Crippen molar-refractivity contribution in [2.24, 2.45) is 0 Å². The molecule has 1 atom stereocenters.